The number of nitrogens with zero attached hydrogens (tertiary/aromatic N) is 2. The van der Waals surface area contributed by atoms with E-state index in [2.05, 4.69) is 0 Å². The Morgan fingerprint density at radius 1 is 1.17 bits per heavy atom. The molecule has 1 saturated heterocycles. The third-order valence-electron chi connectivity index (χ3n) is 5.87. The average Bonchev–Trinajstić information content (AvgIpc) is 3.52. The van der Waals surface area contributed by atoms with Gasteiger partial charge in [0.1, 0.15) is 11.4 Å². The number of pyridine rings is 1. The van der Waals surface area contributed by atoms with E-state index in [0.717, 1.165) is 18.4 Å². The molecule has 0 bridgehead atoms. The van der Waals surface area contributed by atoms with E-state index in [1.807, 2.05) is 35.2 Å². The molecule has 2 fully saturated rings. The van der Waals surface area contributed by atoms with Crippen LogP contribution < -0.4 is 16.1 Å². The van der Waals surface area contributed by atoms with E-state index in [0.29, 0.717) is 17.7 Å². The molecule has 0 amide bonds. The molecule has 1 saturated carbocycles. The molecular formula is C22H20FN3O3. The van der Waals surface area contributed by atoms with E-state index in [-0.39, 0.29) is 29.1 Å². The Balaban J connectivity index is 1.67. The van der Waals surface area contributed by atoms with E-state index in [9.17, 15) is 14.7 Å². The fourth-order valence-corrected chi connectivity index (χ4v) is 4.25. The number of carboxylic acids is 1. The van der Waals surface area contributed by atoms with Crippen molar-refractivity contribution in [1.29, 1.82) is 0 Å². The lowest BCUT2D eigenvalue weighted by Gasteiger charge is -2.48. The SMILES string of the molecule is NC1CN(c2cc3c(cc2F)c(=O)c(C(=O)O)cn3C2CC2)C1c1ccccc1. The maximum atomic E-state index is 15.1. The highest BCUT2D eigenvalue weighted by atomic mass is 19.1. The zero-order chi connectivity index (χ0) is 20.3. The third kappa shape index (κ3) is 2.81. The van der Waals surface area contributed by atoms with Crippen LogP contribution in [0.5, 0.6) is 0 Å². The zero-order valence-electron chi connectivity index (χ0n) is 15.6. The van der Waals surface area contributed by atoms with Gasteiger partial charge in [0.2, 0.25) is 5.43 Å². The molecule has 2 atom stereocenters. The molecule has 2 unspecified atom stereocenters. The molecule has 6 nitrogen and oxygen atoms in total. The van der Waals surface area contributed by atoms with Gasteiger partial charge in [-0.25, -0.2) is 9.18 Å². The highest BCUT2D eigenvalue weighted by Crippen LogP contribution is 2.41. The average molecular weight is 393 g/mol. The predicted octanol–water partition coefficient (Wildman–Crippen LogP) is 3.06. The predicted molar refractivity (Wildman–Crippen MR) is 108 cm³/mol. The molecule has 1 aliphatic carbocycles. The second kappa shape index (κ2) is 6.42. The van der Waals surface area contributed by atoms with Crippen molar-refractivity contribution in [3.8, 4) is 0 Å². The second-order valence-corrected chi connectivity index (χ2v) is 7.81. The van der Waals surface area contributed by atoms with E-state index in [1.165, 1.54) is 12.3 Å². The Kier molecular flexibility index (Phi) is 3.96. The minimum atomic E-state index is -1.30. The Morgan fingerprint density at radius 3 is 2.52 bits per heavy atom. The standard InChI is InChI=1S/C22H20FN3O3/c23-16-8-14-18(25(13-6-7-13)10-15(21(14)27)22(28)29)9-19(16)26-11-17(24)20(26)12-4-2-1-3-5-12/h1-5,8-10,13,17,20H,6-7,11,24H2,(H,28,29). The highest BCUT2D eigenvalue weighted by Gasteiger charge is 2.39. The summed E-state index contributed by atoms with van der Waals surface area (Å²) in [6, 6.07) is 12.4. The highest BCUT2D eigenvalue weighted by molar-refractivity contribution is 5.93. The van der Waals surface area contributed by atoms with Gasteiger partial charge in [-0.2, -0.15) is 0 Å². The van der Waals surface area contributed by atoms with Crippen LogP contribution in [-0.2, 0) is 0 Å². The number of halogens is 1. The number of fused-ring (bicyclic) bond motifs is 1. The quantitative estimate of drug-likeness (QED) is 0.711. The summed E-state index contributed by atoms with van der Waals surface area (Å²) in [5.41, 5.74) is 7.19. The first-order valence-electron chi connectivity index (χ1n) is 9.64. The fraction of sp³-hybridized carbons (Fsp3) is 0.273. The molecule has 2 heterocycles. The number of hydrogen-bond donors (Lipinski definition) is 2. The molecule has 3 N–H and O–H groups in total. The van der Waals surface area contributed by atoms with Crippen LogP contribution in [0.1, 0.15) is 40.8 Å². The Bertz CT molecular complexity index is 1190. The first kappa shape index (κ1) is 17.9. The molecule has 0 spiro atoms. The molecular weight excluding hydrogens is 373 g/mol. The summed E-state index contributed by atoms with van der Waals surface area (Å²) in [6.45, 7) is 0.503. The van der Waals surface area contributed by atoms with Crippen LogP contribution in [0.2, 0.25) is 0 Å². The van der Waals surface area contributed by atoms with Crippen molar-refractivity contribution in [2.24, 2.45) is 5.73 Å². The van der Waals surface area contributed by atoms with Crippen LogP contribution in [0.4, 0.5) is 10.1 Å². The lowest BCUT2D eigenvalue weighted by Crippen LogP contribution is -2.58. The van der Waals surface area contributed by atoms with E-state index < -0.39 is 17.2 Å². The molecule has 29 heavy (non-hydrogen) atoms. The number of carbonyl (C=O) groups is 1. The Morgan fingerprint density at radius 2 is 1.90 bits per heavy atom. The lowest BCUT2D eigenvalue weighted by molar-refractivity contribution is 0.0695. The molecule has 0 radical (unpaired) electrons. The van der Waals surface area contributed by atoms with Gasteiger partial charge in [-0.3, -0.25) is 4.79 Å². The molecule has 2 aromatic carbocycles. The van der Waals surface area contributed by atoms with Crippen molar-refractivity contribution >= 4 is 22.6 Å². The van der Waals surface area contributed by atoms with Gasteiger partial charge in [-0.05, 0) is 30.5 Å². The van der Waals surface area contributed by atoms with Crippen LogP contribution in [0.25, 0.3) is 10.9 Å². The van der Waals surface area contributed by atoms with E-state index in [1.54, 1.807) is 10.6 Å². The number of anilines is 1. The molecule has 3 aromatic rings. The van der Waals surface area contributed by atoms with Crippen molar-refractivity contribution in [3.05, 3.63) is 75.8 Å². The Hall–Kier alpha value is -3.19. The number of nitrogens with two attached hydrogens (primary N) is 1. The van der Waals surface area contributed by atoms with Gasteiger partial charge in [-0.15, -0.1) is 0 Å². The van der Waals surface area contributed by atoms with Crippen molar-refractivity contribution in [2.75, 3.05) is 11.4 Å². The van der Waals surface area contributed by atoms with Crippen molar-refractivity contribution in [1.82, 2.24) is 4.57 Å². The minimum absolute atomic E-state index is 0.0964. The zero-order valence-corrected chi connectivity index (χ0v) is 15.6. The molecule has 5 rings (SSSR count). The number of hydrogen-bond acceptors (Lipinski definition) is 4. The molecule has 1 aromatic heterocycles. The van der Waals surface area contributed by atoms with Gasteiger partial charge >= 0.3 is 5.97 Å². The summed E-state index contributed by atoms with van der Waals surface area (Å²) in [5.74, 6) is -1.85. The van der Waals surface area contributed by atoms with Crippen LogP contribution in [0, 0.1) is 5.82 Å². The summed E-state index contributed by atoms with van der Waals surface area (Å²) in [4.78, 5) is 26.0. The van der Waals surface area contributed by atoms with Gasteiger partial charge in [0.05, 0.1) is 17.2 Å². The third-order valence-corrected chi connectivity index (χ3v) is 5.87. The minimum Gasteiger partial charge on any atom is -0.477 e. The first-order chi connectivity index (χ1) is 14.0. The number of benzene rings is 2. The number of aromatic nitrogens is 1. The number of carboxylic acid groups (broad SMARTS) is 1. The van der Waals surface area contributed by atoms with Crippen LogP contribution in [0.3, 0.4) is 0 Å². The number of aromatic carboxylic acids is 1. The first-order valence-corrected chi connectivity index (χ1v) is 9.64. The van der Waals surface area contributed by atoms with Gasteiger partial charge in [-0.1, -0.05) is 30.3 Å². The maximum absolute atomic E-state index is 15.1. The smallest absolute Gasteiger partial charge is 0.341 e. The fourth-order valence-electron chi connectivity index (χ4n) is 4.25. The summed E-state index contributed by atoms with van der Waals surface area (Å²) < 4.78 is 16.9. The van der Waals surface area contributed by atoms with E-state index in [4.69, 9.17) is 5.73 Å². The normalized spacial score (nSPS) is 21.2. The van der Waals surface area contributed by atoms with Gasteiger partial charge < -0.3 is 20.3 Å². The lowest BCUT2D eigenvalue weighted by atomic mass is 9.89. The maximum Gasteiger partial charge on any atom is 0.341 e. The van der Waals surface area contributed by atoms with Crippen LogP contribution in [0.15, 0.2) is 53.5 Å². The molecule has 7 heteroatoms. The van der Waals surface area contributed by atoms with Crippen molar-refractivity contribution in [3.63, 3.8) is 0 Å². The summed E-state index contributed by atoms with van der Waals surface area (Å²) in [5, 5.41) is 9.47. The summed E-state index contributed by atoms with van der Waals surface area (Å²) in [6.07, 6.45) is 3.21. The van der Waals surface area contributed by atoms with E-state index >= 15 is 4.39 Å². The van der Waals surface area contributed by atoms with Crippen molar-refractivity contribution < 1.29 is 14.3 Å². The number of rotatable bonds is 4. The molecule has 2 aliphatic rings. The Labute approximate surface area is 166 Å². The van der Waals surface area contributed by atoms with Gasteiger partial charge in [0.15, 0.2) is 0 Å². The van der Waals surface area contributed by atoms with Crippen LogP contribution in [-0.4, -0.2) is 28.2 Å². The molecule has 1 aliphatic heterocycles. The molecule has 148 valence electrons. The largest absolute Gasteiger partial charge is 0.477 e. The van der Waals surface area contributed by atoms with Crippen LogP contribution >= 0.6 is 0 Å². The summed E-state index contributed by atoms with van der Waals surface area (Å²) in [7, 11) is 0. The second-order valence-electron chi connectivity index (χ2n) is 7.81. The topological polar surface area (TPSA) is 88.6 Å². The van der Waals surface area contributed by atoms with Crippen molar-refractivity contribution in [2.45, 2.75) is 31.0 Å². The van der Waals surface area contributed by atoms with Gasteiger partial charge in [0, 0.05) is 30.2 Å². The van der Waals surface area contributed by atoms with Gasteiger partial charge in [0.25, 0.3) is 0 Å². The monoisotopic (exact) mass is 393 g/mol. The summed E-state index contributed by atoms with van der Waals surface area (Å²) >= 11 is 0.